The number of benzene rings is 2. The first-order valence-electron chi connectivity index (χ1n) is 10.8. The van der Waals surface area contributed by atoms with E-state index in [9.17, 15) is 22.4 Å². The smallest absolute Gasteiger partial charge is 0.274 e. The van der Waals surface area contributed by atoms with Crippen LogP contribution in [0.25, 0.3) is 0 Å². The predicted molar refractivity (Wildman–Crippen MR) is 126 cm³/mol. The fourth-order valence-corrected chi connectivity index (χ4v) is 5.22. The Bertz CT molecular complexity index is 1310. The molecule has 1 aromatic heterocycles. The van der Waals surface area contributed by atoms with Crippen molar-refractivity contribution in [1.82, 2.24) is 9.29 Å². The van der Waals surface area contributed by atoms with Crippen LogP contribution in [0, 0.1) is 5.82 Å². The van der Waals surface area contributed by atoms with Gasteiger partial charge in [-0.2, -0.15) is 4.31 Å². The van der Waals surface area contributed by atoms with Crippen molar-refractivity contribution in [1.29, 1.82) is 0 Å². The van der Waals surface area contributed by atoms with E-state index in [2.05, 4.69) is 15.6 Å². The Labute approximate surface area is 196 Å². The number of carbonyl (C=O) groups is 2. The SMILES string of the molecule is O=C(Nc1cc(F)ccc1NC(=O)c1ccccn1)c1cccc(S(=O)(=O)N2CCCCC2)c1. The summed E-state index contributed by atoms with van der Waals surface area (Å²) in [5.74, 6) is -1.79. The fourth-order valence-electron chi connectivity index (χ4n) is 3.66. The van der Waals surface area contributed by atoms with E-state index in [-0.39, 0.29) is 27.5 Å². The second kappa shape index (κ2) is 10.1. The largest absolute Gasteiger partial charge is 0.320 e. The molecule has 1 saturated heterocycles. The van der Waals surface area contributed by atoms with Gasteiger partial charge in [-0.05, 0) is 61.4 Å². The van der Waals surface area contributed by atoms with Crippen LogP contribution in [0.2, 0.25) is 0 Å². The summed E-state index contributed by atoms with van der Waals surface area (Å²) in [5, 5.41) is 5.16. The number of anilines is 2. The number of halogens is 1. The monoisotopic (exact) mass is 482 g/mol. The van der Waals surface area contributed by atoms with Crippen molar-refractivity contribution in [3.05, 3.63) is 83.9 Å². The van der Waals surface area contributed by atoms with Gasteiger partial charge in [0.2, 0.25) is 10.0 Å². The number of nitrogens with zero attached hydrogens (tertiary/aromatic N) is 2. The number of sulfonamides is 1. The van der Waals surface area contributed by atoms with Gasteiger partial charge in [0.15, 0.2) is 0 Å². The molecule has 2 aromatic carbocycles. The Kier molecular flexibility index (Phi) is 6.99. The molecule has 34 heavy (non-hydrogen) atoms. The van der Waals surface area contributed by atoms with Gasteiger partial charge in [0.25, 0.3) is 11.8 Å². The van der Waals surface area contributed by atoms with E-state index < -0.39 is 27.7 Å². The first-order valence-corrected chi connectivity index (χ1v) is 12.2. The standard InChI is InChI=1S/C24H23FN4O4S/c25-18-10-11-20(27-24(31)21-9-2-3-12-26-21)22(16-18)28-23(30)17-7-6-8-19(15-17)34(32,33)29-13-4-1-5-14-29/h2-3,6-12,15-16H,1,4-5,13-14H2,(H,27,31)(H,28,30). The first-order chi connectivity index (χ1) is 16.3. The van der Waals surface area contributed by atoms with Crippen LogP contribution in [0.1, 0.15) is 40.1 Å². The maximum atomic E-state index is 13.9. The molecule has 0 spiro atoms. The molecule has 10 heteroatoms. The van der Waals surface area contributed by atoms with E-state index in [4.69, 9.17) is 0 Å². The van der Waals surface area contributed by atoms with Crippen LogP contribution in [-0.4, -0.2) is 42.6 Å². The molecule has 8 nitrogen and oxygen atoms in total. The topological polar surface area (TPSA) is 108 Å². The highest BCUT2D eigenvalue weighted by Crippen LogP contribution is 2.25. The minimum atomic E-state index is -3.72. The second-order valence-electron chi connectivity index (χ2n) is 7.81. The molecule has 0 saturated carbocycles. The van der Waals surface area contributed by atoms with Gasteiger partial charge in [-0.15, -0.1) is 0 Å². The van der Waals surface area contributed by atoms with Gasteiger partial charge in [-0.25, -0.2) is 12.8 Å². The minimum absolute atomic E-state index is 0.0185. The van der Waals surface area contributed by atoms with E-state index in [1.54, 1.807) is 12.1 Å². The second-order valence-corrected chi connectivity index (χ2v) is 9.74. The van der Waals surface area contributed by atoms with Crippen LogP contribution in [-0.2, 0) is 10.0 Å². The van der Waals surface area contributed by atoms with Crippen molar-refractivity contribution in [2.24, 2.45) is 0 Å². The molecule has 2 N–H and O–H groups in total. The summed E-state index contributed by atoms with van der Waals surface area (Å²) in [6, 6.07) is 14.1. The maximum absolute atomic E-state index is 13.9. The molecule has 0 aliphatic carbocycles. The lowest BCUT2D eigenvalue weighted by atomic mass is 10.2. The van der Waals surface area contributed by atoms with Crippen molar-refractivity contribution in [3.8, 4) is 0 Å². The third kappa shape index (κ3) is 5.29. The average Bonchev–Trinajstić information content (AvgIpc) is 2.86. The zero-order valence-corrected chi connectivity index (χ0v) is 19.0. The molecule has 2 heterocycles. The van der Waals surface area contributed by atoms with Crippen molar-refractivity contribution in [3.63, 3.8) is 0 Å². The third-order valence-corrected chi connectivity index (χ3v) is 7.32. The Morgan fingerprint density at radius 1 is 0.853 bits per heavy atom. The lowest BCUT2D eigenvalue weighted by Crippen LogP contribution is -2.35. The number of amides is 2. The van der Waals surface area contributed by atoms with Gasteiger partial charge in [0.05, 0.1) is 16.3 Å². The molecule has 1 aliphatic rings. The number of piperidine rings is 1. The maximum Gasteiger partial charge on any atom is 0.274 e. The lowest BCUT2D eigenvalue weighted by molar-refractivity contribution is 0.101. The molecular formula is C24H23FN4O4S. The van der Waals surface area contributed by atoms with Crippen LogP contribution in [0.3, 0.4) is 0 Å². The Morgan fingerprint density at radius 2 is 1.62 bits per heavy atom. The van der Waals surface area contributed by atoms with Gasteiger partial charge < -0.3 is 10.6 Å². The van der Waals surface area contributed by atoms with E-state index in [1.165, 1.54) is 46.9 Å². The molecule has 2 amide bonds. The van der Waals surface area contributed by atoms with Crippen molar-refractivity contribution < 1.29 is 22.4 Å². The Balaban J connectivity index is 1.56. The molecule has 1 aliphatic heterocycles. The fraction of sp³-hybridized carbons (Fsp3) is 0.208. The van der Waals surface area contributed by atoms with Crippen LogP contribution in [0.4, 0.5) is 15.8 Å². The number of carbonyl (C=O) groups excluding carboxylic acids is 2. The van der Waals surface area contributed by atoms with Crippen molar-refractivity contribution >= 4 is 33.2 Å². The molecule has 0 unspecified atom stereocenters. The van der Waals surface area contributed by atoms with Crippen molar-refractivity contribution in [2.75, 3.05) is 23.7 Å². The van der Waals surface area contributed by atoms with Crippen LogP contribution in [0.5, 0.6) is 0 Å². The lowest BCUT2D eigenvalue weighted by Gasteiger charge is -2.26. The van der Waals surface area contributed by atoms with Crippen LogP contribution < -0.4 is 10.6 Å². The summed E-state index contributed by atoms with van der Waals surface area (Å²) in [4.78, 5) is 29.4. The number of nitrogens with one attached hydrogen (secondary N) is 2. The van der Waals surface area contributed by atoms with Gasteiger partial charge in [0, 0.05) is 24.8 Å². The first kappa shape index (κ1) is 23.5. The van der Waals surface area contributed by atoms with Crippen LogP contribution in [0.15, 0.2) is 71.8 Å². The third-order valence-electron chi connectivity index (χ3n) is 5.42. The van der Waals surface area contributed by atoms with E-state index in [0.29, 0.717) is 13.1 Å². The predicted octanol–water partition coefficient (Wildman–Crippen LogP) is 3.90. The molecule has 0 radical (unpaired) electrons. The van der Waals surface area contributed by atoms with E-state index in [1.807, 2.05) is 0 Å². The summed E-state index contributed by atoms with van der Waals surface area (Å²) in [6.07, 6.45) is 4.05. The highest BCUT2D eigenvalue weighted by molar-refractivity contribution is 7.89. The molecule has 1 fully saturated rings. The van der Waals surface area contributed by atoms with E-state index in [0.717, 1.165) is 31.4 Å². The quantitative estimate of drug-likeness (QED) is 0.554. The summed E-state index contributed by atoms with van der Waals surface area (Å²) < 4.78 is 41.3. The van der Waals surface area contributed by atoms with Crippen LogP contribution >= 0.6 is 0 Å². The zero-order valence-electron chi connectivity index (χ0n) is 18.2. The molecule has 4 rings (SSSR count). The van der Waals surface area contributed by atoms with E-state index >= 15 is 0 Å². The minimum Gasteiger partial charge on any atom is -0.320 e. The van der Waals surface area contributed by atoms with Gasteiger partial charge in [0.1, 0.15) is 11.5 Å². The molecule has 0 atom stereocenters. The van der Waals surface area contributed by atoms with Gasteiger partial charge in [-0.1, -0.05) is 18.6 Å². The van der Waals surface area contributed by atoms with Gasteiger partial charge >= 0.3 is 0 Å². The summed E-state index contributed by atoms with van der Waals surface area (Å²) in [5.41, 5.74) is 0.435. The normalized spacial score (nSPS) is 14.4. The Hall–Kier alpha value is -3.63. The number of hydrogen-bond donors (Lipinski definition) is 2. The highest BCUT2D eigenvalue weighted by atomic mass is 32.2. The van der Waals surface area contributed by atoms with Gasteiger partial charge in [-0.3, -0.25) is 14.6 Å². The number of hydrogen-bond acceptors (Lipinski definition) is 5. The Morgan fingerprint density at radius 3 is 2.35 bits per heavy atom. The number of aromatic nitrogens is 1. The summed E-state index contributed by atoms with van der Waals surface area (Å²) >= 11 is 0. The van der Waals surface area contributed by atoms with Crippen molar-refractivity contribution in [2.45, 2.75) is 24.2 Å². The molecule has 0 bridgehead atoms. The molecule has 3 aromatic rings. The summed E-state index contributed by atoms with van der Waals surface area (Å²) in [6.45, 7) is 0.892. The number of pyridine rings is 1. The average molecular weight is 483 g/mol. The summed E-state index contributed by atoms with van der Waals surface area (Å²) in [7, 11) is -3.72. The zero-order chi connectivity index (χ0) is 24.1. The number of rotatable bonds is 6. The molecule has 176 valence electrons. The highest BCUT2D eigenvalue weighted by Gasteiger charge is 2.26. The molecular weight excluding hydrogens is 459 g/mol.